The molecule has 1 amide bonds. The predicted octanol–water partition coefficient (Wildman–Crippen LogP) is 5.01. The van der Waals surface area contributed by atoms with Crippen LogP contribution in [-0.4, -0.2) is 29.6 Å². The highest BCUT2D eigenvalue weighted by Gasteiger charge is 2.10. The smallest absolute Gasteiger partial charge is 0.230 e. The van der Waals surface area contributed by atoms with Gasteiger partial charge in [0.15, 0.2) is 0 Å². The number of amides is 1. The second kappa shape index (κ2) is 10.8. The summed E-state index contributed by atoms with van der Waals surface area (Å²) in [6.45, 7) is 3.90. The molecule has 0 saturated carbocycles. The zero-order chi connectivity index (χ0) is 19.8. The second-order valence-corrected chi connectivity index (χ2v) is 8.58. The molecule has 2 aromatic carbocycles. The maximum atomic E-state index is 13.7. The highest BCUT2D eigenvalue weighted by atomic mass is 35.5. The van der Waals surface area contributed by atoms with Crippen LogP contribution in [0.2, 0.25) is 5.02 Å². The van der Waals surface area contributed by atoms with Crippen molar-refractivity contribution in [1.29, 1.82) is 0 Å². The molecule has 1 heterocycles. The van der Waals surface area contributed by atoms with Gasteiger partial charge in [-0.05, 0) is 54.8 Å². The molecule has 3 nitrogen and oxygen atoms in total. The molecule has 0 aliphatic carbocycles. The van der Waals surface area contributed by atoms with Crippen molar-refractivity contribution in [2.45, 2.75) is 38.1 Å². The van der Waals surface area contributed by atoms with Crippen LogP contribution in [0.25, 0.3) is 0 Å². The zero-order valence-electron chi connectivity index (χ0n) is 15.9. The molecule has 1 N–H and O–H groups in total. The van der Waals surface area contributed by atoms with E-state index in [-0.39, 0.29) is 11.7 Å². The molecule has 1 fully saturated rings. The highest BCUT2D eigenvalue weighted by molar-refractivity contribution is 7.99. The monoisotopic (exact) mass is 420 g/mol. The summed E-state index contributed by atoms with van der Waals surface area (Å²) in [4.78, 5) is 14.5. The van der Waals surface area contributed by atoms with E-state index in [1.165, 1.54) is 55.7 Å². The van der Waals surface area contributed by atoms with Gasteiger partial charge >= 0.3 is 0 Å². The first-order chi connectivity index (χ1) is 13.6. The zero-order valence-corrected chi connectivity index (χ0v) is 17.5. The van der Waals surface area contributed by atoms with Gasteiger partial charge in [-0.1, -0.05) is 48.4 Å². The van der Waals surface area contributed by atoms with Crippen molar-refractivity contribution in [2.24, 2.45) is 0 Å². The van der Waals surface area contributed by atoms with Crippen molar-refractivity contribution < 1.29 is 9.18 Å². The lowest BCUT2D eigenvalue weighted by atomic mass is 10.1. The fraction of sp³-hybridized carbons (Fsp3) is 0.409. The number of piperidine rings is 1. The molecule has 0 atom stereocenters. The fourth-order valence-electron chi connectivity index (χ4n) is 3.28. The van der Waals surface area contributed by atoms with E-state index in [2.05, 4.69) is 34.5 Å². The molecule has 6 heteroatoms. The summed E-state index contributed by atoms with van der Waals surface area (Å²) in [5.74, 6) is 0.373. The Kier molecular flexibility index (Phi) is 8.19. The van der Waals surface area contributed by atoms with E-state index in [1.54, 1.807) is 12.1 Å². The van der Waals surface area contributed by atoms with Crippen LogP contribution in [0, 0.1) is 5.82 Å². The first-order valence-corrected chi connectivity index (χ1v) is 11.2. The lowest BCUT2D eigenvalue weighted by Gasteiger charge is -2.26. The molecule has 28 heavy (non-hydrogen) atoms. The summed E-state index contributed by atoms with van der Waals surface area (Å²) in [5.41, 5.74) is 2.97. The van der Waals surface area contributed by atoms with E-state index in [0.29, 0.717) is 28.6 Å². The van der Waals surface area contributed by atoms with Gasteiger partial charge in [-0.2, -0.15) is 0 Å². The highest BCUT2D eigenvalue weighted by Crippen LogP contribution is 2.19. The molecule has 0 unspecified atom stereocenters. The summed E-state index contributed by atoms with van der Waals surface area (Å²) in [6.07, 6.45) is 3.95. The van der Waals surface area contributed by atoms with E-state index < -0.39 is 0 Å². The minimum atomic E-state index is -0.329. The molecular formula is C22H26ClFN2OS. The maximum absolute atomic E-state index is 13.7. The molecule has 150 valence electrons. The van der Waals surface area contributed by atoms with Crippen LogP contribution in [0.3, 0.4) is 0 Å². The predicted molar refractivity (Wildman–Crippen MR) is 115 cm³/mol. The van der Waals surface area contributed by atoms with E-state index in [1.807, 2.05) is 0 Å². The molecule has 0 spiro atoms. The number of carbonyl (C=O) groups excluding carboxylic acids is 1. The number of likely N-dealkylation sites (tertiary alicyclic amines) is 1. The minimum absolute atomic E-state index is 0.0447. The van der Waals surface area contributed by atoms with Crippen LogP contribution in [0.15, 0.2) is 42.5 Å². The quantitative estimate of drug-likeness (QED) is 0.651. The van der Waals surface area contributed by atoms with Crippen LogP contribution in [0.5, 0.6) is 0 Å². The molecular weight excluding hydrogens is 395 g/mol. The molecule has 0 radical (unpaired) electrons. The average molecular weight is 421 g/mol. The third-order valence-electron chi connectivity index (χ3n) is 4.87. The number of nitrogens with one attached hydrogen (secondary N) is 1. The van der Waals surface area contributed by atoms with E-state index in [0.717, 1.165) is 12.1 Å². The Morgan fingerprint density at radius 3 is 2.50 bits per heavy atom. The second-order valence-electron chi connectivity index (χ2n) is 7.16. The third-order valence-corrected chi connectivity index (χ3v) is 6.09. The van der Waals surface area contributed by atoms with Gasteiger partial charge in [-0.25, -0.2) is 4.39 Å². The lowest BCUT2D eigenvalue weighted by Crippen LogP contribution is -2.29. The number of hydrogen-bond acceptors (Lipinski definition) is 3. The summed E-state index contributed by atoms with van der Waals surface area (Å²) >= 11 is 7.14. The van der Waals surface area contributed by atoms with Gasteiger partial charge < -0.3 is 5.32 Å². The lowest BCUT2D eigenvalue weighted by molar-refractivity contribution is -0.118. The summed E-state index contributed by atoms with van der Waals surface area (Å²) in [6, 6.07) is 13.1. The molecule has 0 bridgehead atoms. The van der Waals surface area contributed by atoms with Crippen molar-refractivity contribution in [3.63, 3.8) is 0 Å². The van der Waals surface area contributed by atoms with Gasteiger partial charge in [0.05, 0.1) is 5.75 Å². The maximum Gasteiger partial charge on any atom is 0.230 e. The van der Waals surface area contributed by atoms with Gasteiger partial charge in [0, 0.05) is 23.9 Å². The van der Waals surface area contributed by atoms with Gasteiger partial charge in [0.1, 0.15) is 5.82 Å². The molecule has 3 rings (SSSR count). The topological polar surface area (TPSA) is 32.3 Å². The van der Waals surface area contributed by atoms with Crippen molar-refractivity contribution in [3.8, 4) is 0 Å². The van der Waals surface area contributed by atoms with Crippen LogP contribution in [-0.2, 0) is 23.6 Å². The Bertz CT molecular complexity index is 779. The van der Waals surface area contributed by atoms with Gasteiger partial charge in [0.25, 0.3) is 0 Å². The summed E-state index contributed by atoms with van der Waals surface area (Å²) in [7, 11) is 0. The van der Waals surface area contributed by atoms with Crippen LogP contribution in [0.4, 0.5) is 4.39 Å². The minimum Gasteiger partial charge on any atom is -0.351 e. The molecule has 1 saturated heterocycles. The molecule has 1 aliphatic heterocycles. The number of halogens is 2. The summed E-state index contributed by atoms with van der Waals surface area (Å²) < 4.78 is 13.7. The number of thioether (sulfide) groups is 1. The Balaban J connectivity index is 1.36. The number of rotatable bonds is 8. The Morgan fingerprint density at radius 2 is 1.79 bits per heavy atom. The van der Waals surface area contributed by atoms with Gasteiger partial charge in [-0.15, -0.1) is 11.8 Å². The Hall–Kier alpha value is -1.56. The van der Waals surface area contributed by atoms with Crippen LogP contribution in [0.1, 0.15) is 36.0 Å². The molecule has 0 aromatic heterocycles. The third kappa shape index (κ3) is 6.80. The standard InChI is InChI=1S/C22H26ClFN2OS/c23-20-9-8-19(21(24)12-20)15-28-16-22(27)25-13-17-4-6-18(7-5-17)14-26-10-2-1-3-11-26/h4-9,12H,1-3,10-11,13-16H2,(H,25,27). The van der Waals surface area contributed by atoms with Crippen molar-refractivity contribution in [1.82, 2.24) is 10.2 Å². The van der Waals surface area contributed by atoms with Gasteiger partial charge in [0.2, 0.25) is 5.91 Å². The number of benzene rings is 2. The number of nitrogens with zero attached hydrogens (tertiary/aromatic N) is 1. The van der Waals surface area contributed by atoms with E-state index in [4.69, 9.17) is 11.6 Å². The first kappa shape index (κ1) is 21.2. The van der Waals surface area contributed by atoms with Gasteiger partial charge in [-0.3, -0.25) is 9.69 Å². The molecule has 1 aliphatic rings. The first-order valence-electron chi connectivity index (χ1n) is 9.69. The summed E-state index contributed by atoms with van der Waals surface area (Å²) in [5, 5.41) is 3.31. The van der Waals surface area contributed by atoms with E-state index >= 15 is 0 Å². The van der Waals surface area contributed by atoms with Crippen LogP contribution >= 0.6 is 23.4 Å². The Morgan fingerprint density at radius 1 is 1.07 bits per heavy atom. The van der Waals surface area contributed by atoms with Crippen molar-refractivity contribution in [2.75, 3.05) is 18.8 Å². The van der Waals surface area contributed by atoms with Crippen molar-refractivity contribution >= 4 is 29.3 Å². The normalized spacial score (nSPS) is 14.8. The fourth-order valence-corrected chi connectivity index (χ4v) is 4.28. The number of hydrogen-bond donors (Lipinski definition) is 1. The van der Waals surface area contributed by atoms with E-state index in [9.17, 15) is 9.18 Å². The largest absolute Gasteiger partial charge is 0.351 e. The van der Waals surface area contributed by atoms with Crippen molar-refractivity contribution in [3.05, 3.63) is 70.0 Å². The SMILES string of the molecule is O=C(CSCc1ccc(Cl)cc1F)NCc1ccc(CN2CCCCC2)cc1. The number of carbonyl (C=O) groups is 1. The Labute approximate surface area is 175 Å². The van der Waals surface area contributed by atoms with Crippen LogP contribution < -0.4 is 5.32 Å². The molecule has 2 aromatic rings. The average Bonchev–Trinajstić information content (AvgIpc) is 2.70.